The van der Waals surface area contributed by atoms with E-state index in [-0.39, 0.29) is 28.8 Å². The number of hydrogen-bond acceptors (Lipinski definition) is 6. The number of aliphatic hydroxyl groups excluding tert-OH is 1. The molecule has 0 spiro atoms. The van der Waals surface area contributed by atoms with Gasteiger partial charge in [-0.15, -0.1) is 11.8 Å². The SMILES string of the molecule is CCCCN(CCCC)S(=O)(=O)N1CC(SC2=C(C(=O)O)N3C(=O)C([C@@H](C)O)C3[C@H]2C)C1. The number of carboxylic acid groups (broad SMARTS) is 1. The lowest BCUT2D eigenvalue weighted by atomic mass is 9.79. The van der Waals surface area contributed by atoms with Gasteiger partial charge in [-0.05, 0) is 19.8 Å². The molecule has 3 heterocycles. The van der Waals surface area contributed by atoms with Crippen LogP contribution in [-0.2, 0) is 19.8 Å². The summed E-state index contributed by atoms with van der Waals surface area (Å²) in [4.78, 5) is 26.3. The standard InChI is InChI=1S/C21H35N3O6S2/c1-5-7-9-22(10-8-6-2)32(29,30)23-11-15(12-23)31-19-13(3)17-16(14(4)25)20(26)24(17)18(19)21(27)28/h13-17,25H,5-12H2,1-4H3,(H,27,28)/t13-,14-,16?,17?/m1/s1. The summed E-state index contributed by atoms with van der Waals surface area (Å²) in [6, 6.07) is -0.352. The summed E-state index contributed by atoms with van der Waals surface area (Å²) in [5.74, 6) is -2.32. The van der Waals surface area contributed by atoms with Gasteiger partial charge in [0.25, 0.3) is 10.2 Å². The van der Waals surface area contributed by atoms with Crippen molar-refractivity contribution in [1.29, 1.82) is 0 Å². The third-order valence-corrected chi connectivity index (χ3v) is 10.0. The smallest absolute Gasteiger partial charge is 0.353 e. The Morgan fingerprint density at radius 3 is 2.25 bits per heavy atom. The zero-order valence-corrected chi connectivity index (χ0v) is 20.9. The molecular weight excluding hydrogens is 454 g/mol. The fourth-order valence-corrected chi connectivity index (χ4v) is 8.19. The van der Waals surface area contributed by atoms with Gasteiger partial charge in [-0.25, -0.2) is 4.79 Å². The maximum Gasteiger partial charge on any atom is 0.353 e. The fraction of sp³-hybridized carbons (Fsp3) is 0.810. The summed E-state index contributed by atoms with van der Waals surface area (Å²) in [6.07, 6.45) is 2.63. The lowest BCUT2D eigenvalue weighted by Gasteiger charge is -2.46. The largest absolute Gasteiger partial charge is 0.477 e. The Hall–Kier alpha value is -1.14. The Balaban J connectivity index is 1.68. The molecule has 3 aliphatic heterocycles. The van der Waals surface area contributed by atoms with Crippen LogP contribution in [0.1, 0.15) is 53.4 Å². The second kappa shape index (κ2) is 10.0. The number of thioether (sulfide) groups is 1. The highest BCUT2D eigenvalue weighted by Gasteiger charge is 2.60. The summed E-state index contributed by atoms with van der Waals surface area (Å²) in [7, 11) is -3.53. The van der Waals surface area contributed by atoms with Crippen molar-refractivity contribution in [1.82, 2.24) is 13.5 Å². The first-order valence-corrected chi connectivity index (χ1v) is 13.7. The molecule has 3 rings (SSSR count). The van der Waals surface area contributed by atoms with Crippen LogP contribution in [0.5, 0.6) is 0 Å². The lowest BCUT2D eigenvalue weighted by Crippen LogP contribution is -2.63. The highest BCUT2D eigenvalue weighted by molar-refractivity contribution is 8.04. The van der Waals surface area contributed by atoms with Crippen molar-refractivity contribution in [2.75, 3.05) is 26.2 Å². The number of amides is 1. The molecule has 0 aromatic heterocycles. The monoisotopic (exact) mass is 489 g/mol. The molecule has 11 heteroatoms. The molecule has 0 aliphatic carbocycles. The number of nitrogens with zero attached hydrogens (tertiary/aromatic N) is 3. The van der Waals surface area contributed by atoms with E-state index >= 15 is 0 Å². The van der Waals surface area contributed by atoms with Crippen molar-refractivity contribution >= 4 is 33.8 Å². The molecule has 2 fully saturated rings. The van der Waals surface area contributed by atoms with E-state index in [9.17, 15) is 28.2 Å². The van der Waals surface area contributed by atoms with Gasteiger partial charge < -0.3 is 15.1 Å². The van der Waals surface area contributed by atoms with Gasteiger partial charge in [-0.1, -0.05) is 33.6 Å². The molecule has 4 atom stereocenters. The summed E-state index contributed by atoms with van der Waals surface area (Å²) < 4.78 is 29.2. The van der Waals surface area contributed by atoms with E-state index in [1.165, 1.54) is 21.0 Å². The van der Waals surface area contributed by atoms with Crippen LogP contribution in [0.3, 0.4) is 0 Å². The van der Waals surface area contributed by atoms with Crippen molar-refractivity contribution in [3.05, 3.63) is 10.6 Å². The van der Waals surface area contributed by atoms with Crippen LogP contribution in [0.25, 0.3) is 0 Å². The second-order valence-electron chi connectivity index (χ2n) is 8.94. The maximum absolute atomic E-state index is 13.1. The van der Waals surface area contributed by atoms with E-state index in [2.05, 4.69) is 0 Å². The van der Waals surface area contributed by atoms with Gasteiger partial charge in [-0.3, -0.25) is 4.79 Å². The van der Waals surface area contributed by atoms with Gasteiger partial charge in [0.15, 0.2) is 0 Å². The van der Waals surface area contributed by atoms with Gasteiger partial charge in [0.05, 0.1) is 18.1 Å². The van der Waals surface area contributed by atoms with Gasteiger partial charge >= 0.3 is 5.97 Å². The van der Waals surface area contributed by atoms with Crippen LogP contribution in [0.4, 0.5) is 0 Å². The third kappa shape index (κ3) is 4.46. The average Bonchev–Trinajstić information content (AvgIpc) is 2.92. The predicted molar refractivity (Wildman–Crippen MR) is 123 cm³/mol. The third-order valence-electron chi connectivity index (χ3n) is 6.59. The molecule has 9 nitrogen and oxygen atoms in total. The number of aliphatic hydroxyl groups is 1. The van der Waals surface area contributed by atoms with E-state index in [4.69, 9.17) is 0 Å². The molecule has 1 amide bonds. The van der Waals surface area contributed by atoms with Crippen LogP contribution < -0.4 is 0 Å². The fourth-order valence-electron chi connectivity index (χ4n) is 4.70. The molecule has 0 saturated carbocycles. The normalized spacial score (nSPS) is 27.5. The first kappa shape index (κ1) is 25.5. The summed E-state index contributed by atoms with van der Waals surface area (Å²) in [6.45, 7) is 9.17. The number of rotatable bonds is 12. The molecular formula is C21H35N3O6S2. The van der Waals surface area contributed by atoms with Crippen molar-refractivity contribution in [3.63, 3.8) is 0 Å². The minimum absolute atomic E-state index is 0.0109. The van der Waals surface area contributed by atoms with E-state index in [0.717, 1.165) is 25.7 Å². The molecule has 0 radical (unpaired) electrons. The van der Waals surface area contributed by atoms with E-state index in [0.29, 0.717) is 31.1 Å². The molecule has 0 aromatic carbocycles. The minimum atomic E-state index is -3.53. The molecule has 3 aliphatic rings. The molecule has 2 N–H and O–H groups in total. The first-order chi connectivity index (χ1) is 15.1. The van der Waals surface area contributed by atoms with Gasteiger partial charge in [0.1, 0.15) is 5.70 Å². The molecule has 182 valence electrons. The maximum atomic E-state index is 13.1. The number of carbonyl (C=O) groups excluding carboxylic acids is 1. The van der Waals surface area contributed by atoms with Crippen LogP contribution in [0.2, 0.25) is 0 Å². The Bertz CT molecular complexity index is 861. The first-order valence-electron chi connectivity index (χ1n) is 11.5. The Morgan fingerprint density at radius 2 is 1.78 bits per heavy atom. The zero-order chi connectivity index (χ0) is 23.8. The minimum Gasteiger partial charge on any atom is -0.477 e. The topological polar surface area (TPSA) is 118 Å². The quantitative estimate of drug-likeness (QED) is 0.401. The second-order valence-corrected chi connectivity index (χ2v) is 12.2. The predicted octanol–water partition coefficient (Wildman–Crippen LogP) is 1.70. The molecule has 2 unspecified atom stereocenters. The molecule has 2 saturated heterocycles. The van der Waals surface area contributed by atoms with Crippen molar-refractivity contribution in [2.24, 2.45) is 11.8 Å². The zero-order valence-electron chi connectivity index (χ0n) is 19.2. The Kier molecular flexibility index (Phi) is 7.97. The highest BCUT2D eigenvalue weighted by atomic mass is 32.2. The van der Waals surface area contributed by atoms with E-state index in [1.807, 2.05) is 20.8 Å². The van der Waals surface area contributed by atoms with Crippen molar-refractivity contribution in [3.8, 4) is 0 Å². The van der Waals surface area contributed by atoms with Crippen molar-refractivity contribution in [2.45, 2.75) is 70.8 Å². The molecule has 32 heavy (non-hydrogen) atoms. The van der Waals surface area contributed by atoms with E-state index in [1.54, 1.807) is 11.2 Å². The number of carbonyl (C=O) groups is 2. The number of fused-ring (bicyclic) bond motifs is 1. The Labute approximate surface area is 195 Å². The van der Waals surface area contributed by atoms with Gasteiger partial charge in [0.2, 0.25) is 5.91 Å². The highest BCUT2D eigenvalue weighted by Crippen LogP contribution is 2.52. The number of carboxylic acids is 1. The Morgan fingerprint density at radius 1 is 1.22 bits per heavy atom. The number of hydrogen-bond donors (Lipinski definition) is 2. The van der Waals surface area contributed by atoms with Crippen LogP contribution in [0, 0.1) is 11.8 Å². The molecule has 0 bridgehead atoms. The summed E-state index contributed by atoms with van der Waals surface area (Å²) in [5, 5.41) is 19.6. The van der Waals surface area contributed by atoms with Crippen LogP contribution >= 0.6 is 11.8 Å². The molecule has 0 aromatic rings. The average molecular weight is 490 g/mol. The van der Waals surface area contributed by atoms with Crippen LogP contribution in [-0.4, -0.2) is 87.6 Å². The number of aliphatic carboxylic acids is 1. The van der Waals surface area contributed by atoms with Crippen molar-refractivity contribution < 1.29 is 28.2 Å². The summed E-state index contributed by atoms with van der Waals surface area (Å²) in [5.41, 5.74) is -0.0109. The van der Waals surface area contributed by atoms with Crippen LogP contribution in [0.15, 0.2) is 10.6 Å². The lowest BCUT2D eigenvalue weighted by molar-refractivity contribution is -0.163. The number of unbranched alkanes of at least 4 members (excludes halogenated alkanes) is 2. The summed E-state index contributed by atoms with van der Waals surface area (Å²) >= 11 is 1.37. The van der Waals surface area contributed by atoms with E-state index < -0.39 is 28.2 Å². The van der Waals surface area contributed by atoms with Gasteiger partial charge in [0, 0.05) is 42.3 Å². The van der Waals surface area contributed by atoms with Gasteiger partial charge in [-0.2, -0.15) is 17.0 Å². The number of β-lactam (4-membered cyclic amide) rings is 1.